The minimum atomic E-state index is 0.0638. The summed E-state index contributed by atoms with van der Waals surface area (Å²) in [4.78, 5) is 11.7. The molecule has 118 valence electrons. The molecule has 0 aliphatic rings. The van der Waals surface area contributed by atoms with Crippen LogP contribution in [0.1, 0.15) is 65.5 Å². The van der Waals surface area contributed by atoms with E-state index in [4.69, 9.17) is 4.74 Å². The predicted molar refractivity (Wildman–Crippen MR) is 89.1 cm³/mol. The first kappa shape index (κ1) is 17.7. The van der Waals surface area contributed by atoms with Crippen molar-refractivity contribution in [3.63, 3.8) is 0 Å². The third-order valence-electron chi connectivity index (χ3n) is 3.68. The fourth-order valence-corrected chi connectivity index (χ4v) is 2.36. The standard InChI is InChI=1S/C19H30O2/c1-7-21-18-12-11-15(13-16(18)19(4,5)6)9-8-10-17(20)14(2)3/h11-14H,7-10H2,1-6H3. The van der Waals surface area contributed by atoms with Gasteiger partial charge < -0.3 is 4.74 Å². The summed E-state index contributed by atoms with van der Waals surface area (Å²) in [6.45, 7) is 13.3. The summed E-state index contributed by atoms with van der Waals surface area (Å²) in [7, 11) is 0. The molecule has 0 saturated heterocycles. The molecule has 1 rings (SSSR count). The van der Waals surface area contributed by atoms with Gasteiger partial charge in [0.1, 0.15) is 11.5 Å². The molecular formula is C19H30O2. The first-order valence-corrected chi connectivity index (χ1v) is 8.04. The molecule has 0 heterocycles. The quantitative estimate of drug-likeness (QED) is 0.711. The van der Waals surface area contributed by atoms with Gasteiger partial charge in [0.15, 0.2) is 0 Å². The van der Waals surface area contributed by atoms with Gasteiger partial charge in [-0.3, -0.25) is 4.79 Å². The number of rotatable bonds is 7. The van der Waals surface area contributed by atoms with Gasteiger partial charge in [-0.25, -0.2) is 0 Å². The molecule has 0 unspecified atom stereocenters. The maximum Gasteiger partial charge on any atom is 0.135 e. The number of hydrogen-bond donors (Lipinski definition) is 0. The van der Waals surface area contributed by atoms with Crippen LogP contribution >= 0.6 is 0 Å². The number of carbonyl (C=O) groups is 1. The van der Waals surface area contributed by atoms with Crippen molar-refractivity contribution in [3.8, 4) is 5.75 Å². The van der Waals surface area contributed by atoms with Crippen molar-refractivity contribution in [2.75, 3.05) is 6.61 Å². The fourth-order valence-electron chi connectivity index (χ4n) is 2.36. The van der Waals surface area contributed by atoms with E-state index in [-0.39, 0.29) is 11.3 Å². The summed E-state index contributed by atoms with van der Waals surface area (Å²) in [6, 6.07) is 6.44. The van der Waals surface area contributed by atoms with Crippen LogP contribution < -0.4 is 4.74 Å². The molecule has 0 aliphatic carbocycles. The monoisotopic (exact) mass is 290 g/mol. The molecule has 0 bridgehead atoms. The van der Waals surface area contributed by atoms with Gasteiger partial charge in [0.05, 0.1) is 6.61 Å². The second kappa shape index (κ2) is 7.63. The van der Waals surface area contributed by atoms with Gasteiger partial charge in [0.25, 0.3) is 0 Å². The van der Waals surface area contributed by atoms with Gasteiger partial charge in [0, 0.05) is 12.3 Å². The smallest absolute Gasteiger partial charge is 0.135 e. The predicted octanol–water partition coefficient (Wildman–Crippen LogP) is 4.93. The van der Waals surface area contributed by atoms with E-state index in [1.807, 2.05) is 20.8 Å². The molecule has 2 nitrogen and oxygen atoms in total. The van der Waals surface area contributed by atoms with Crippen molar-refractivity contribution in [1.29, 1.82) is 0 Å². The highest BCUT2D eigenvalue weighted by molar-refractivity contribution is 5.80. The average molecular weight is 290 g/mol. The van der Waals surface area contributed by atoms with Crippen molar-refractivity contribution in [1.82, 2.24) is 0 Å². The van der Waals surface area contributed by atoms with Crippen LogP contribution in [0, 0.1) is 5.92 Å². The van der Waals surface area contributed by atoms with Crippen LogP contribution in [-0.2, 0) is 16.6 Å². The van der Waals surface area contributed by atoms with E-state index in [1.165, 1.54) is 11.1 Å². The first-order chi connectivity index (χ1) is 9.75. The summed E-state index contributed by atoms with van der Waals surface area (Å²) in [6.07, 6.45) is 2.55. The normalized spacial score (nSPS) is 11.8. The summed E-state index contributed by atoms with van der Waals surface area (Å²) in [5, 5.41) is 0. The van der Waals surface area contributed by atoms with Crippen molar-refractivity contribution in [3.05, 3.63) is 29.3 Å². The maximum absolute atomic E-state index is 11.7. The molecule has 21 heavy (non-hydrogen) atoms. The van der Waals surface area contributed by atoms with Crippen LogP contribution in [-0.4, -0.2) is 12.4 Å². The molecule has 1 aromatic rings. The van der Waals surface area contributed by atoms with Gasteiger partial charge in [-0.05, 0) is 42.4 Å². The highest BCUT2D eigenvalue weighted by atomic mass is 16.5. The number of benzene rings is 1. The number of aryl methyl sites for hydroxylation is 1. The number of carbonyl (C=O) groups excluding carboxylic acids is 1. The minimum Gasteiger partial charge on any atom is -0.494 e. The molecule has 0 radical (unpaired) electrons. The Bertz CT molecular complexity index is 467. The number of ketones is 1. The van der Waals surface area contributed by atoms with E-state index in [0.29, 0.717) is 18.8 Å². The van der Waals surface area contributed by atoms with Gasteiger partial charge in [-0.1, -0.05) is 46.8 Å². The average Bonchev–Trinajstić information content (AvgIpc) is 2.39. The lowest BCUT2D eigenvalue weighted by molar-refractivity contribution is -0.121. The second-order valence-corrected chi connectivity index (χ2v) is 6.99. The first-order valence-electron chi connectivity index (χ1n) is 8.04. The highest BCUT2D eigenvalue weighted by Gasteiger charge is 2.19. The molecule has 0 N–H and O–H groups in total. The van der Waals surface area contributed by atoms with Crippen molar-refractivity contribution >= 4 is 5.78 Å². The Morgan fingerprint density at radius 2 is 1.90 bits per heavy atom. The third kappa shape index (κ3) is 5.53. The Kier molecular flexibility index (Phi) is 6.44. The van der Waals surface area contributed by atoms with Crippen LogP contribution in [0.25, 0.3) is 0 Å². The Balaban J connectivity index is 2.79. The Morgan fingerprint density at radius 3 is 2.43 bits per heavy atom. The van der Waals surface area contributed by atoms with Crippen molar-refractivity contribution < 1.29 is 9.53 Å². The van der Waals surface area contributed by atoms with E-state index in [0.717, 1.165) is 18.6 Å². The zero-order valence-electron chi connectivity index (χ0n) is 14.5. The zero-order chi connectivity index (χ0) is 16.0. The van der Waals surface area contributed by atoms with Crippen LogP contribution in [0.4, 0.5) is 0 Å². The number of ether oxygens (including phenoxy) is 1. The van der Waals surface area contributed by atoms with Crippen molar-refractivity contribution in [2.24, 2.45) is 5.92 Å². The van der Waals surface area contributed by atoms with Gasteiger partial charge >= 0.3 is 0 Å². The molecule has 0 saturated carbocycles. The summed E-state index contributed by atoms with van der Waals surface area (Å²) >= 11 is 0. The van der Waals surface area contributed by atoms with Crippen LogP contribution in [0.15, 0.2) is 18.2 Å². The lowest BCUT2D eigenvalue weighted by Crippen LogP contribution is -2.14. The molecule has 0 aliphatic heterocycles. The Morgan fingerprint density at radius 1 is 1.24 bits per heavy atom. The van der Waals surface area contributed by atoms with Gasteiger partial charge in [0.2, 0.25) is 0 Å². The highest BCUT2D eigenvalue weighted by Crippen LogP contribution is 2.32. The van der Waals surface area contributed by atoms with E-state index in [9.17, 15) is 4.79 Å². The van der Waals surface area contributed by atoms with E-state index in [1.54, 1.807) is 0 Å². The SMILES string of the molecule is CCOc1ccc(CCCC(=O)C(C)C)cc1C(C)(C)C. The van der Waals surface area contributed by atoms with E-state index < -0.39 is 0 Å². The number of Topliss-reactive ketones (excluding diaryl/α,β-unsaturated/α-hetero) is 1. The summed E-state index contributed by atoms with van der Waals surface area (Å²) in [5.41, 5.74) is 2.60. The van der Waals surface area contributed by atoms with Crippen molar-refractivity contribution in [2.45, 2.75) is 66.2 Å². The lowest BCUT2D eigenvalue weighted by atomic mass is 9.85. The fraction of sp³-hybridized carbons (Fsp3) is 0.632. The van der Waals surface area contributed by atoms with E-state index in [2.05, 4.69) is 39.0 Å². The van der Waals surface area contributed by atoms with Crippen LogP contribution in [0.3, 0.4) is 0 Å². The topological polar surface area (TPSA) is 26.3 Å². The maximum atomic E-state index is 11.7. The molecule has 1 aromatic carbocycles. The Labute approximate surface area is 129 Å². The summed E-state index contributed by atoms with van der Waals surface area (Å²) < 4.78 is 5.74. The van der Waals surface area contributed by atoms with Gasteiger partial charge in [-0.15, -0.1) is 0 Å². The largest absolute Gasteiger partial charge is 0.494 e. The Hall–Kier alpha value is -1.31. The molecule has 2 heteroatoms. The number of hydrogen-bond acceptors (Lipinski definition) is 2. The zero-order valence-corrected chi connectivity index (χ0v) is 14.5. The van der Waals surface area contributed by atoms with Gasteiger partial charge in [-0.2, -0.15) is 0 Å². The lowest BCUT2D eigenvalue weighted by Gasteiger charge is -2.23. The molecular weight excluding hydrogens is 260 g/mol. The summed E-state index contributed by atoms with van der Waals surface area (Å²) in [5.74, 6) is 1.49. The molecule has 0 fully saturated rings. The molecule has 0 spiro atoms. The third-order valence-corrected chi connectivity index (χ3v) is 3.68. The van der Waals surface area contributed by atoms with Crippen LogP contribution in [0.2, 0.25) is 0 Å². The molecule has 0 aromatic heterocycles. The molecule has 0 atom stereocenters. The minimum absolute atomic E-state index is 0.0638. The van der Waals surface area contributed by atoms with E-state index >= 15 is 0 Å². The van der Waals surface area contributed by atoms with Crippen LogP contribution in [0.5, 0.6) is 5.75 Å². The second-order valence-electron chi connectivity index (χ2n) is 6.99. The molecule has 0 amide bonds.